The SMILES string of the molecule is COc1ccc(Cl)cc1NC(=O)CNC(=O)CNC(=O)c1cccs1. The van der Waals surface area contributed by atoms with E-state index in [2.05, 4.69) is 16.0 Å². The number of carbonyl (C=O) groups excluding carboxylic acids is 3. The van der Waals surface area contributed by atoms with Crippen LogP contribution in [0.1, 0.15) is 9.67 Å². The van der Waals surface area contributed by atoms with Gasteiger partial charge >= 0.3 is 0 Å². The Bertz CT molecular complexity index is 765. The zero-order valence-electron chi connectivity index (χ0n) is 13.3. The maximum atomic E-state index is 11.9. The van der Waals surface area contributed by atoms with Crippen molar-refractivity contribution in [3.05, 3.63) is 45.6 Å². The smallest absolute Gasteiger partial charge is 0.261 e. The number of hydrogen-bond donors (Lipinski definition) is 3. The van der Waals surface area contributed by atoms with E-state index in [-0.39, 0.29) is 19.0 Å². The Labute approximate surface area is 153 Å². The number of thiophene rings is 1. The van der Waals surface area contributed by atoms with Crippen molar-refractivity contribution in [1.82, 2.24) is 10.6 Å². The molecule has 0 fully saturated rings. The van der Waals surface area contributed by atoms with E-state index >= 15 is 0 Å². The summed E-state index contributed by atoms with van der Waals surface area (Å²) >= 11 is 7.16. The van der Waals surface area contributed by atoms with Gasteiger partial charge in [-0.2, -0.15) is 0 Å². The van der Waals surface area contributed by atoms with E-state index in [0.717, 1.165) is 0 Å². The summed E-state index contributed by atoms with van der Waals surface area (Å²) in [7, 11) is 1.47. The molecule has 0 spiro atoms. The minimum absolute atomic E-state index is 0.218. The average molecular weight is 382 g/mol. The van der Waals surface area contributed by atoms with Crippen LogP contribution in [0.25, 0.3) is 0 Å². The third kappa shape index (κ3) is 5.77. The molecule has 7 nitrogen and oxygen atoms in total. The van der Waals surface area contributed by atoms with E-state index in [4.69, 9.17) is 16.3 Å². The molecule has 2 rings (SSSR count). The number of rotatable bonds is 7. The number of amides is 3. The van der Waals surface area contributed by atoms with Crippen molar-refractivity contribution in [2.24, 2.45) is 0 Å². The van der Waals surface area contributed by atoms with E-state index in [1.165, 1.54) is 18.4 Å². The van der Waals surface area contributed by atoms with Gasteiger partial charge in [-0.25, -0.2) is 0 Å². The molecular weight excluding hydrogens is 366 g/mol. The highest BCUT2D eigenvalue weighted by Gasteiger charge is 2.11. The molecule has 0 bridgehead atoms. The quantitative estimate of drug-likeness (QED) is 0.682. The second kappa shape index (κ2) is 9.05. The molecule has 1 aromatic heterocycles. The monoisotopic (exact) mass is 381 g/mol. The number of nitrogens with one attached hydrogen (secondary N) is 3. The number of benzene rings is 1. The number of hydrogen-bond acceptors (Lipinski definition) is 5. The molecular formula is C16H16ClN3O4S. The number of anilines is 1. The first-order chi connectivity index (χ1) is 12.0. The molecule has 0 aliphatic carbocycles. The lowest BCUT2D eigenvalue weighted by Gasteiger charge is -2.11. The summed E-state index contributed by atoms with van der Waals surface area (Å²) < 4.78 is 5.12. The van der Waals surface area contributed by atoms with Crippen molar-refractivity contribution in [1.29, 1.82) is 0 Å². The Morgan fingerprint density at radius 3 is 2.56 bits per heavy atom. The van der Waals surface area contributed by atoms with Gasteiger partial charge in [0.05, 0.1) is 30.8 Å². The van der Waals surface area contributed by atoms with Crippen molar-refractivity contribution >= 4 is 46.3 Å². The summed E-state index contributed by atoms with van der Waals surface area (Å²) in [6, 6.07) is 8.20. The van der Waals surface area contributed by atoms with E-state index in [1.807, 2.05) is 0 Å². The number of carbonyl (C=O) groups is 3. The van der Waals surface area contributed by atoms with Crippen LogP contribution < -0.4 is 20.7 Å². The fourth-order valence-corrected chi connectivity index (χ4v) is 2.68. The molecule has 0 aliphatic rings. The molecule has 3 amide bonds. The molecule has 0 radical (unpaired) electrons. The van der Waals surface area contributed by atoms with Gasteiger partial charge in [-0.3, -0.25) is 14.4 Å². The second-order valence-corrected chi connectivity index (χ2v) is 6.21. The summed E-state index contributed by atoms with van der Waals surface area (Å²) in [6.07, 6.45) is 0. The van der Waals surface area contributed by atoms with Crippen LogP contribution in [0, 0.1) is 0 Å². The van der Waals surface area contributed by atoms with Crippen LogP contribution in [0.15, 0.2) is 35.7 Å². The molecule has 0 unspecified atom stereocenters. The summed E-state index contributed by atoms with van der Waals surface area (Å²) in [5.41, 5.74) is 0.403. The predicted molar refractivity (Wildman–Crippen MR) is 96.3 cm³/mol. The number of halogens is 1. The number of ether oxygens (including phenoxy) is 1. The molecule has 9 heteroatoms. The van der Waals surface area contributed by atoms with Crippen LogP contribution in [0.5, 0.6) is 5.75 Å². The Balaban J connectivity index is 1.77. The topological polar surface area (TPSA) is 96.5 Å². The van der Waals surface area contributed by atoms with Gasteiger partial charge in [0.1, 0.15) is 5.75 Å². The fraction of sp³-hybridized carbons (Fsp3) is 0.188. The minimum atomic E-state index is -0.474. The summed E-state index contributed by atoms with van der Waals surface area (Å²) in [5, 5.41) is 9.70. The molecule has 2 aromatic rings. The second-order valence-electron chi connectivity index (χ2n) is 4.83. The minimum Gasteiger partial charge on any atom is -0.495 e. The fourth-order valence-electron chi connectivity index (χ4n) is 1.87. The largest absolute Gasteiger partial charge is 0.495 e. The maximum Gasteiger partial charge on any atom is 0.261 e. The maximum absolute atomic E-state index is 11.9. The van der Waals surface area contributed by atoms with E-state index in [9.17, 15) is 14.4 Å². The molecule has 1 aromatic carbocycles. The third-order valence-electron chi connectivity index (χ3n) is 3.04. The van der Waals surface area contributed by atoms with Crippen LogP contribution in [0.3, 0.4) is 0 Å². The zero-order valence-corrected chi connectivity index (χ0v) is 14.9. The normalized spacial score (nSPS) is 10.0. The summed E-state index contributed by atoms with van der Waals surface area (Å²) in [5.74, 6) is -0.804. The Morgan fingerprint density at radius 2 is 1.88 bits per heavy atom. The first-order valence-corrected chi connectivity index (χ1v) is 8.47. The van der Waals surface area contributed by atoms with Crippen molar-refractivity contribution in [3.63, 3.8) is 0 Å². The predicted octanol–water partition coefficient (Wildman–Crippen LogP) is 1.89. The van der Waals surface area contributed by atoms with Gasteiger partial charge in [0, 0.05) is 5.02 Å². The Morgan fingerprint density at radius 1 is 1.12 bits per heavy atom. The van der Waals surface area contributed by atoms with E-state index < -0.39 is 11.8 Å². The molecule has 0 saturated heterocycles. The lowest BCUT2D eigenvalue weighted by molar-refractivity contribution is -0.123. The highest BCUT2D eigenvalue weighted by atomic mass is 35.5. The van der Waals surface area contributed by atoms with Crippen LogP contribution in [-0.2, 0) is 9.59 Å². The number of methoxy groups -OCH3 is 1. The van der Waals surface area contributed by atoms with Crippen LogP contribution in [-0.4, -0.2) is 37.9 Å². The summed E-state index contributed by atoms with van der Waals surface area (Å²) in [4.78, 5) is 35.8. The highest BCUT2D eigenvalue weighted by molar-refractivity contribution is 7.12. The molecule has 3 N–H and O–H groups in total. The standard InChI is InChI=1S/C16H16ClN3O4S/c1-24-12-5-4-10(17)7-11(12)20-15(22)9-18-14(21)8-19-16(23)13-3-2-6-25-13/h2-7H,8-9H2,1H3,(H,18,21)(H,19,23)(H,20,22). The van der Waals surface area contributed by atoms with Crippen LogP contribution in [0.2, 0.25) is 5.02 Å². The van der Waals surface area contributed by atoms with Gasteiger partial charge in [-0.05, 0) is 29.6 Å². The molecule has 0 aliphatic heterocycles. The molecule has 0 atom stereocenters. The van der Waals surface area contributed by atoms with Crippen LogP contribution in [0.4, 0.5) is 5.69 Å². The van der Waals surface area contributed by atoms with Gasteiger partial charge in [-0.15, -0.1) is 11.3 Å². The summed E-state index contributed by atoms with van der Waals surface area (Å²) in [6.45, 7) is -0.464. The first kappa shape index (κ1) is 18.8. The van der Waals surface area contributed by atoms with Gasteiger partial charge < -0.3 is 20.7 Å². The third-order valence-corrected chi connectivity index (χ3v) is 4.14. The van der Waals surface area contributed by atoms with Crippen molar-refractivity contribution in [2.45, 2.75) is 0 Å². The van der Waals surface area contributed by atoms with Gasteiger partial charge in [0.15, 0.2) is 0 Å². The van der Waals surface area contributed by atoms with Gasteiger partial charge in [0.25, 0.3) is 5.91 Å². The van der Waals surface area contributed by atoms with Crippen LogP contribution >= 0.6 is 22.9 Å². The zero-order chi connectivity index (χ0) is 18.2. The van der Waals surface area contributed by atoms with Gasteiger partial charge in [-0.1, -0.05) is 17.7 Å². The van der Waals surface area contributed by atoms with E-state index in [0.29, 0.717) is 21.3 Å². The van der Waals surface area contributed by atoms with Gasteiger partial charge in [0.2, 0.25) is 11.8 Å². The average Bonchev–Trinajstić information content (AvgIpc) is 3.13. The van der Waals surface area contributed by atoms with E-state index in [1.54, 1.807) is 35.7 Å². The van der Waals surface area contributed by atoms with Crippen molar-refractivity contribution < 1.29 is 19.1 Å². The lowest BCUT2D eigenvalue weighted by atomic mass is 10.3. The molecule has 1 heterocycles. The lowest BCUT2D eigenvalue weighted by Crippen LogP contribution is -2.40. The highest BCUT2D eigenvalue weighted by Crippen LogP contribution is 2.27. The Hall–Kier alpha value is -2.58. The molecule has 0 saturated carbocycles. The first-order valence-electron chi connectivity index (χ1n) is 7.21. The van der Waals surface area contributed by atoms with Crippen molar-refractivity contribution in [3.8, 4) is 5.75 Å². The molecule has 25 heavy (non-hydrogen) atoms. The molecule has 132 valence electrons. The van der Waals surface area contributed by atoms with Crippen molar-refractivity contribution in [2.75, 3.05) is 25.5 Å². The Kier molecular flexibility index (Phi) is 6.79.